The largest absolute Gasteiger partial charge is 0.467 e. The van der Waals surface area contributed by atoms with Gasteiger partial charge in [0.2, 0.25) is 11.8 Å². The summed E-state index contributed by atoms with van der Waals surface area (Å²) in [5, 5.41) is 0. The highest BCUT2D eigenvalue weighted by Crippen LogP contribution is 2.16. The third-order valence-electron chi connectivity index (χ3n) is 1.59. The molecule has 0 saturated carbocycles. The summed E-state index contributed by atoms with van der Waals surface area (Å²) < 4.78 is 10.2. The number of hydrogen-bond acceptors (Lipinski definition) is 5. The minimum atomic E-state index is 0.259. The maximum atomic E-state index is 5.36. The number of nitrogens with zero attached hydrogens (tertiary/aromatic N) is 3. The van der Waals surface area contributed by atoms with Gasteiger partial charge in [-0.2, -0.15) is 4.98 Å². The van der Waals surface area contributed by atoms with Gasteiger partial charge in [0, 0.05) is 30.6 Å². The fourth-order valence-corrected chi connectivity index (χ4v) is 0.954. The van der Waals surface area contributed by atoms with E-state index in [-0.39, 0.29) is 6.01 Å². The van der Waals surface area contributed by atoms with Crippen LogP contribution < -0.4 is 9.47 Å². The second-order valence-electron chi connectivity index (χ2n) is 2.58. The average Bonchev–Trinajstić information content (AvgIpc) is 2.31. The Morgan fingerprint density at radius 2 is 2.13 bits per heavy atom. The van der Waals surface area contributed by atoms with Crippen molar-refractivity contribution in [1.82, 2.24) is 15.0 Å². The molecule has 15 heavy (non-hydrogen) atoms. The zero-order valence-electron chi connectivity index (χ0n) is 8.04. The van der Waals surface area contributed by atoms with E-state index >= 15 is 0 Å². The van der Waals surface area contributed by atoms with Crippen molar-refractivity contribution in [3.8, 4) is 17.8 Å². The molecule has 2 rings (SSSR count). The third kappa shape index (κ3) is 2.40. The maximum Gasteiger partial charge on any atom is 0.319 e. The molecule has 5 heteroatoms. The van der Waals surface area contributed by atoms with Gasteiger partial charge in [0.1, 0.15) is 0 Å². The Morgan fingerprint density at radius 3 is 2.87 bits per heavy atom. The number of pyridine rings is 1. The average molecular weight is 202 g/mol. The number of aromatic nitrogens is 3. The lowest BCUT2D eigenvalue weighted by atomic mass is 10.5. The predicted molar refractivity (Wildman–Crippen MR) is 51.7 cm³/mol. The molecular formula is C10H8N3O2. The molecule has 0 aliphatic heterocycles. The summed E-state index contributed by atoms with van der Waals surface area (Å²) >= 11 is 0. The molecule has 2 aromatic rings. The molecule has 5 nitrogen and oxygen atoms in total. The van der Waals surface area contributed by atoms with E-state index in [0.717, 1.165) is 0 Å². The van der Waals surface area contributed by atoms with Crippen molar-refractivity contribution in [2.45, 2.75) is 0 Å². The second-order valence-corrected chi connectivity index (χ2v) is 2.58. The molecule has 0 bridgehead atoms. The van der Waals surface area contributed by atoms with Crippen LogP contribution in [-0.4, -0.2) is 22.1 Å². The zero-order valence-corrected chi connectivity index (χ0v) is 8.04. The molecule has 0 unspecified atom stereocenters. The topological polar surface area (TPSA) is 57.1 Å². The number of ether oxygens (including phenoxy) is 2. The van der Waals surface area contributed by atoms with Crippen molar-refractivity contribution in [2.24, 2.45) is 0 Å². The highest BCUT2D eigenvalue weighted by Gasteiger charge is 2.01. The summed E-state index contributed by atoms with van der Waals surface area (Å²) in [6.07, 6.45) is 3.07. The minimum absolute atomic E-state index is 0.259. The third-order valence-corrected chi connectivity index (χ3v) is 1.59. The lowest BCUT2D eigenvalue weighted by Crippen LogP contribution is -1.94. The molecule has 0 amide bonds. The standard InChI is InChI=1S/C10H8N3O2/c1-14-10-12-7-5-9(13-10)15-8-4-2-3-6-11-8/h2,4-7H,1H3. The van der Waals surface area contributed by atoms with E-state index in [1.54, 1.807) is 24.4 Å². The van der Waals surface area contributed by atoms with Crippen molar-refractivity contribution >= 4 is 0 Å². The Balaban J connectivity index is 2.17. The Labute approximate surface area is 86.7 Å². The van der Waals surface area contributed by atoms with Crippen LogP contribution >= 0.6 is 0 Å². The Morgan fingerprint density at radius 1 is 1.20 bits per heavy atom. The molecule has 0 aliphatic rings. The summed E-state index contributed by atoms with van der Waals surface area (Å²) in [4.78, 5) is 11.8. The molecule has 75 valence electrons. The van der Waals surface area contributed by atoms with Gasteiger partial charge >= 0.3 is 6.01 Å². The molecule has 2 aromatic heterocycles. The highest BCUT2D eigenvalue weighted by molar-refractivity contribution is 5.19. The van der Waals surface area contributed by atoms with Crippen LogP contribution in [-0.2, 0) is 0 Å². The van der Waals surface area contributed by atoms with Gasteiger partial charge in [-0.3, -0.25) is 0 Å². The van der Waals surface area contributed by atoms with E-state index in [0.29, 0.717) is 11.8 Å². The summed E-state index contributed by atoms with van der Waals surface area (Å²) in [7, 11) is 1.49. The Bertz CT molecular complexity index is 434. The zero-order chi connectivity index (χ0) is 10.5. The van der Waals surface area contributed by atoms with Crippen molar-refractivity contribution in [3.05, 3.63) is 36.7 Å². The van der Waals surface area contributed by atoms with Crippen molar-refractivity contribution < 1.29 is 9.47 Å². The first-order chi connectivity index (χ1) is 7.38. The van der Waals surface area contributed by atoms with Gasteiger partial charge in [0.15, 0.2) is 0 Å². The SMILES string of the molecule is COc1nccc(Oc2cc[c]cn2)n1. The van der Waals surface area contributed by atoms with Crippen LogP contribution in [0, 0.1) is 6.07 Å². The quantitative estimate of drug-likeness (QED) is 0.754. The van der Waals surface area contributed by atoms with Gasteiger partial charge in [-0.15, -0.1) is 0 Å². The molecule has 0 aliphatic carbocycles. The first kappa shape index (κ1) is 9.39. The normalized spacial score (nSPS) is 9.67. The molecule has 0 fully saturated rings. The van der Waals surface area contributed by atoms with E-state index in [4.69, 9.17) is 9.47 Å². The maximum absolute atomic E-state index is 5.36. The molecule has 0 atom stereocenters. The van der Waals surface area contributed by atoms with Crippen molar-refractivity contribution in [2.75, 3.05) is 7.11 Å². The van der Waals surface area contributed by atoms with Crippen LogP contribution in [0.2, 0.25) is 0 Å². The van der Waals surface area contributed by atoms with Crippen LogP contribution in [0.3, 0.4) is 0 Å². The van der Waals surface area contributed by atoms with Gasteiger partial charge in [0.25, 0.3) is 0 Å². The van der Waals surface area contributed by atoms with E-state index in [2.05, 4.69) is 21.0 Å². The number of rotatable bonds is 3. The van der Waals surface area contributed by atoms with Crippen molar-refractivity contribution in [3.63, 3.8) is 0 Å². The smallest absolute Gasteiger partial charge is 0.319 e. The summed E-state index contributed by atoms with van der Waals surface area (Å²) in [6.45, 7) is 0. The van der Waals surface area contributed by atoms with Crippen LogP contribution in [0.15, 0.2) is 30.6 Å². The minimum Gasteiger partial charge on any atom is -0.467 e. The van der Waals surface area contributed by atoms with Gasteiger partial charge in [-0.25, -0.2) is 9.97 Å². The predicted octanol–water partition coefficient (Wildman–Crippen LogP) is 1.47. The molecule has 1 radical (unpaired) electrons. The fraction of sp³-hybridized carbons (Fsp3) is 0.100. The van der Waals surface area contributed by atoms with Gasteiger partial charge in [-0.1, -0.05) is 0 Å². The fourth-order valence-electron chi connectivity index (χ4n) is 0.954. The first-order valence-electron chi connectivity index (χ1n) is 4.25. The number of methoxy groups -OCH3 is 1. The van der Waals surface area contributed by atoms with E-state index in [1.165, 1.54) is 13.3 Å². The van der Waals surface area contributed by atoms with Gasteiger partial charge in [0.05, 0.1) is 7.11 Å². The van der Waals surface area contributed by atoms with E-state index in [9.17, 15) is 0 Å². The summed E-state index contributed by atoms with van der Waals surface area (Å²) in [6, 6.07) is 8.08. The molecule has 0 spiro atoms. The van der Waals surface area contributed by atoms with Crippen LogP contribution in [0.5, 0.6) is 17.8 Å². The second kappa shape index (κ2) is 4.36. The van der Waals surface area contributed by atoms with Gasteiger partial charge < -0.3 is 9.47 Å². The molecule has 2 heterocycles. The molecule has 0 N–H and O–H groups in total. The highest BCUT2D eigenvalue weighted by atomic mass is 16.5. The molecule has 0 aromatic carbocycles. The summed E-state index contributed by atoms with van der Waals surface area (Å²) in [5.74, 6) is 0.843. The Kier molecular flexibility index (Phi) is 2.73. The molecule has 0 saturated heterocycles. The lowest BCUT2D eigenvalue weighted by molar-refractivity contribution is 0.364. The summed E-state index contributed by atoms with van der Waals surface area (Å²) in [5.41, 5.74) is 0. The first-order valence-corrected chi connectivity index (χ1v) is 4.25. The lowest BCUT2D eigenvalue weighted by Gasteiger charge is -2.03. The van der Waals surface area contributed by atoms with E-state index in [1.807, 2.05) is 0 Å². The van der Waals surface area contributed by atoms with E-state index < -0.39 is 0 Å². The monoisotopic (exact) mass is 202 g/mol. The Hall–Kier alpha value is -2.17. The van der Waals surface area contributed by atoms with Crippen LogP contribution in [0.1, 0.15) is 0 Å². The van der Waals surface area contributed by atoms with Crippen molar-refractivity contribution in [1.29, 1.82) is 0 Å². The van der Waals surface area contributed by atoms with Gasteiger partial charge in [-0.05, 0) is 6.07 Å². The molecular weight excluding hydrogens is 194 g/mol. The number of hydrogen-bond donors (Lipinski definition) is 0. The van der Waals surface area contributed by atoms with Crippen LogP contribution in [0.4, 0.5) is 0 Å². The van der Waals surface area contributed by atoms with Crippen LogP contribution in [0.25, 0.3) is 0 Å².